The van der Waals surface area contributed by atoms with Gasteiger partial charge in [-0.1, -0.05) is 44.2 Å². The maximum atomic E-state index is 13.0. The second-order valence-corrected chi connectivity index (χ2v) is 8.20. The highest BCUT2D eigenvalue weighted by Crippen LogP contribution is 2.27. The smallest absolute Gasteiger partial charge is 0.262 e. The van der Waals surface area contributed by atoms with Gasteiger partial charge in [0.2, 0.25) is 11.8 Å². The number of nitrogens with one attached hydrogen (secondary N) is 2. The molecule has 3 rings (SSSR count). The molecule has 1 heterocycles. The minimum absolute atomic E-state index is 0.0588. The Kier molecular flexibility index (Phi) is 6.53. The van der Waals surface area contributed by atoms with E-state index < -0.39 is 23.8 Å². The normalized spacial score (nSPS) is 13.9. The standard InChI is InChI=1S/C24H27N3O4/c1-14(2)12-19(27-23(30)17-10-5-6-11-18(17)24(27)31)22(29)25-13-20(28)26-21-15(3)8-7-9-16(21)4/h5-11,14,19H,12-13H2,1-4H3,(H,25,29)(H,26,28)/t19-/m1/s1. The zero-order valence-electron chi connectivity index (χ0n) is 18.2. The molecule has 0 unspecified atom stereocenters. The second-order valence-electron chi connectivity index (χ2n) is 8.20. The predicted molar refractivity (Wildman–Crippen MR) is 118 cm³/mol. The first-order chi connectivity index (χ1) is 14.7. The fourth-order valence-electron chi connectivity index (χ4n) is 3.75. The Morgan fingerprint density at radius 1 is 0.903 bits per heavy atom. The lowest BCUT2D eigenvalue weighted by molar-refractivity contribution is -0.127. The molecule has 0 radical (unpaired) electrons. The van der Waals surface area contributed by atoms with Gasteiger partial charge in [0.25, 0.3) is 11.8 Å². The van der Waals surface area contributed by atoms with Crippen LogP contribution in [0.1, 0.15) is 52.1 Å². The Morgan fingerprint density at radius 2 is 1.45 bits per heavy atom. The van der Waals surface area contributed by atoms with Crippen molar-refractivity contribution in [1.29, 1.82) is 0 Å². The maximum Gasteiger partial charge on any atom is 0.262 e. The van der Waals surface area contributed by atoms with Crippen molar-refractivity contribution in [1.82, 2.24) is 10.2 Å². The van der Waals surface area contributed by atoms with Gasteiger partial charge >= 0.3 is 0 Å². The Balaban J connectivity index is 1.72. The lowest BCUT2D eigenvalue weighted by Gasteiger charge is -2.26. The van der Waals surface area contributed by atoms with E-state index in [1.54, 1.807) is 24.3 Å². The summed E-state index contributed by atoms with van der Waals surface area (Å²) in [5.74, 6) is -1.82. The number of hydrogen-bond donors (Lipinski definition) is 2. The number of fused-ring (bicyclic) bond motifs is 1. The van der Waals surface area contributed by atoms with Crippen LogP contribution in [0.15, 0.2) is 42.5 Å². The van der Waals surface area contributed by atoms with Gasteiger partial charge in [0.1, 0.15) is 6.04 Å². The second kappa shape index (κ2) is 9.12. The van der Waals surface area contributed by atoms with Crippen LogP contribution in [0.5, 0.6) is 0 Å². The summed E-state index contributed by atoms with van der Waals surface area (Å²) in [5, 5.41) is 5.41. The number of carbonyl (C=O) groups excluding carboxylic acids is 4. The van der Waals surface area contributed by atoms with E-state index in [0.717, 1.165) is 16.0 Å². The molecule has 4 amide bonds. The average Bonchev–Trinajstić information content (AvgIpc) is 2.98. The number of carbonyl (C=O) groups is 4. The number of rotatable bonds is 7. The number of nitrogens with zero attached hydrogens (tertiary/aromatic N) is 1. The zero-order chi connectivity index (χ0) is 22.7. The van der Waals surface area contributed by atoms with Crippen LogP contribution in [0.25, 0.3) is 0 Å². The van der Waals surface area contributed by atoms with Crippen LogP contribution < -0.4 is 10.6 Å². The topological polar surface area (TPSA) is 95.6 Å². The Morgan fingerprint density at radius 3 is 1.97 bits per heavy atom. The van der Waals surface area contributed by atoms with Crippen molar-refractivity contribution in [3.05, 3.63) is 64.7 Å². The van der Waals surface area contributed by atoms with Gasteiger partial charge < -0.3 is 10.6 Å². The van der Waals surface area contributed by atoms with Gasteiger partial charge in [0.05, 0.1) is 17.7 Å². The van der Waals surface area contributed by atoms with Crippen LogP contribution in [0.4, 0.5) is 5.69 Å². The van der Waals surface area contributed by atoms with Crippen molar-refractivity contribution >= 4 is 29.3 Å². The van der Waals surface area contributed by atoms with Crippen molar-refractivity contribution in [2.45, 2.75) is 40.2 Å². The number of amides is 4. The number of benzene rings is 2. The van der Waals surface area contributed by atoms with E-state index in [1.807, 2.05) is 45.9 Å². The van der Waals surface area contributed by atoms with E-state index in [4.69, 9.17) is 0 Å². The van der Waals surface area contributed by atoms with Crippen LogP contribution in [-0.2, 0) is 9.59 Å². The minimum atomic E-state index is -0.986. The number of para-hydroxylation sites is 1. The molecular weight excluding hydrogens is 394 g/mol. The largest absolute Gasteiger partial charge is 0.345 e. The molecule has 31 heavy (non-hydrogen) atoms. The number of aryl methyl sites for hydroxylation is 2. The summed E-state index contributed by atoms with van der Waals surface area (Å²) >= 11 is 0. The summed E-state index contributed by atoms with van der Waals surface area (Å²) in [6.45, 7) is 7.34. The van der Waals surface area contributed by atoms with Crippen molar-refractivity contribution in [3.8, 4) is 0 Å². The molecule has 0 saturated carbocycles. The highest BCUT2D eigenvalue weighted by Gasteiger charge is 2.42. The fourth-order valence-corrected chi connectivity index (χ4v) is 3.75. The summed E-state index contributed by atoms with van der Waals surface area (Å²) in [6, 6.07) is 11.2. The van der Waals surface area contributed by atoms with Gasteiger partial charge in [-0.3, -0.25) is 24.1 Å². The molecule has 1 aliphatic rings. The summed E-state index contributed by atoms with van der Waals surface area (Å²) < 4.78 is 0. The van der Waals surface area contributed by atoms with Gasteiger partial charge in [-0.25, -0.2) is 0 Å². The predicted octanol–water partition coefficient (Wildman–Crippen LogP) is 3.07. The van der Waals surface area contributed by atoms with Crippen molar-refractivity contribution < 1.29 is 19.2 Å². The van der Waals surface area contributed by atoms with Gasteiger partial charge in [-0.2, -0.15) is 0 Å². The van der Waals surface area contributed by atoms with Crippen molar-refractivity contribution in [2.24, 2.45) is 5.92 Å². The highest BCUT2D eigenvalue weighted by molar-refractivity contribution is 6.22. The summed E-state index contributed by atoms with van der Waals surface area (Å²) in [6.07, 6.45) is 0.301. The molecule has 7 nitrogen and oxygen atoms in total. The number of imide groups is 1. The molecule has 7 heteroatoms. The van der Waals surface area contributed by atoms with E-state index >= 15 is 0 Å². The summed E-state index contributed by atoms with van der Waals surface area (Å²) in [5.41, 5.74) is 3.14. The molecule has 0 saturated heterocycles. The van der Waals surface area contributed by atoms with E-state index in [9.17, 15) is 19.2 Å². The first-order valence-corrected chi connectivity index (χ1v) is 10.3. The van der Waals surface area contributed by atoms with Gasteiger partial charge in [0, 0.05) is 5.69 Å². The summed E-state index contributed by atoms with van der Waals surface area (Å²) in [4.78, 5) is 52.1. The van der Waals surface area contributed by atoms with E-state index in [2.05, 4.69) is 10.6 Å². The Hall–Kier alpha value is -3.48. The average molecular weight is 421 g/mol. The van der Waals surface area contributed by atoms with E-state index in [-0.39, 0.29) is 18.4 Å². The van der Waals surface area contributed by atoms with Crippen LogP contribution >= 0.6 is 0 Å². The van der Waals surface area contributed by atoms with Crippen molar-refractivity contribution in [3.63, 3.8) is 0 Å². The van der Waals surface area contributed by atoms with Gasteiger partial charge in [0.15, 0.2) is 0 Å². The lowest BCUT2D eigenvalue weighted by Crippen LogP contribution is -2.51. The first kappa shape index (κ1) is 22.2. The third kappa shape index (κ3) is 4.66. The quantitative estimate of drug-likeness (QED) is 0.672. The van der Waals surface area contributed by atoms with Crippen LogP contribution in [0, 0.1) is 19.8 Å². The van der Waals surface area contributed by atoms with E-state index in [1.165, 1.54) is 0 Å². The molecule has 0 aliphatic carbocycles. The number of hydrogen-bond acceptors (Lipinski definition) is 4. The Labute approximate surface area is 181 Å². The monoisotopic (exact) mass is 421 g/mol. The molecule has 0 bridgehead atoms. The first-order valence-electron chi connectivity index (χ1n) is 10.3. The molecule has 1 aliphatic heterocycles. The fraction of sp³-hybridized carbons (Fsp3) is 0.333. The molecule has 162 valence electrons. The molecule has 2 N–H and O–H groups in total. The van der Waals surface area contributed by atoms with Gasteiger partial charge in [-0.05, 0) is 49.4 Å². The van der Waals surface area contributed by atoms with Crippen LogP contribution in [0.2, 0.25) is 0 Å². The lowest BCUT2D eigenvalue weighted by atomic mass is 10.0. The van der Waals surface area contributed by atoms with Crippen LogP contribution in [0.3, 0.4) is 0 Å². The van der Waals surface area contributed by atoms with Gasteiger partial charge in [-0.15, -0.1) is 0 Å². The molecule has 0 spiro atoms. The molecule has 0 aromatic heterocycles. The van der Waals surface area contributed by atoms with E-state index in [0.29, 0.717) is 23.2 Å². The third-order valence-electron chi connectivity index (χ3n) is 5.30. The SMILES string of the molecule is Cc1cccc(C)c1NC(=O)CNC(=O)[C@@H](CC(C)C)N1C(=O)c2ccccc2C1=O. The molecular formula is C24H27N3O4. The molecule has 0 fully saturated rings. The highest BCUT2D eigenvalue weighted by atomic mass is 16.2. The molecule has 2 aromatic rings. The molecule has 2 aromatic carbocycles. The minimum Gasteiger partial charge on any atom is -0.345 e. The maximum absolute atomic E-state index is 13.0. The molecule has 1 atom stereocenters. The van der Waals surface area contributed by atoms with Crippen LogP contribution in [-0.4, -0.2) is 41.1 Å². The third-order valence-corrected chi connectivity index (χ3v) is 5.30. The Bertz CT molecular complexity index is 990. The zero-order valence-corrected chi connectivity index (χ0v) is 18.2. The number of anilines is 1. The van der Waals surface area contributed by atoms with Crippen molar-refractivity contribution in [2.75, 3.05) is 11.9 Å². The summed E-state index contributed by atoms with van der Waals surface area (Å²) in [7, 11) is 0.